The molecule has 0 spiro atoms. The molecule has 3 heteroatoms. The maximum absolute atomic E-state index is 6.04. The molecule has 70 valence electrons. The number of ether oxygens (including phenoxy) is 1. The Morgan fingerprint density at radius 3 is 2.92 bits per heavy atom. The van der Waals surface area contributed by atoms with Gasteiger partial charge in [0.2, 0.25) is 0 Å². The fourth-order valence-corrected chi connectivity index (χ4v) is 1.55. The molecule has 0 saturated heterocycles. The van der Waals surface area contributed by atoms with E-state index in [1.54, 1.807) is 12.5 Å². The number of rotatable bonds is 2. The maximum atomic E-state index is 6.04. The van der Waals surface area contributed by atoms with Gasteiger partial charge in [-0.25, -0.2) is 0 Å². The molecule has 2 N–H and O–H groups in total. The van der Waals surface area contributed by atoms with E-state index >= 15 is 0 Å². The molecule has 0 amide bonds. The molecule has 3 nitrogen and oxygen atoms in total. The Hall–Kier alpha value is -1.22. The largest absolute Gasteiger partial charge is 0.501 e. The molecule has 1 aromatic rings. The lowest BCUT2D eigenvalue weighted by atomic mass is 10.00. The highest BCUT2D eigenvalue weighted by Gasteiger charge is 2.18. The van der Waals surface area contributed by atoms with Gasteiger partial charge >= 0.3 is 0 Å². The number of hydrogen-bond donors (Lipinski definition) is 1. The van der Waals surface area contributed by atoms with Crippen LogP contribution in [0.25, 0.3) is 0 Å². The molecular formula is C10H13NO2. The van der Waals surface area contributed by atoms with E-state index in [-0.39, 0.29) is 6.04 Å². The monoisotopic (exact) mass is 179 g/mol. The van der Waals surface area contributed by atoms with Crippen LogP contribution in [0, 0.1) is 6.92 Å². The maximum Gasteiger partial charge on any atom is 0.105 e. The molecular weight excluding hydrogens is 166 g/mol. The molecule has 0 aliphatic carbocycles. The van der Waals surface area contributed by atoms with Crippen molar-refractivity contribution >= 4 is 0 Å². The first kappa shape index (κ1) is 8.38. The molecule has 0 bridgehead atoms. The van der Waals surface area contributed by atoms with Crippen LogP contribution < -0.4 is 5.73 Å². The molecule has 0 fully saturated rings. The summed E-state index contributed by atoms with van der Waals surface area (Å²) in [7, 11) is 0. The highest BCUT2D eigenvalue weighted by atomic mass is 16.5. The second kappa shape index (κ2) is 3.26. The summed E-state index contributed by atoms with van der Waals surface area (Å²) in [6.45, 7) is 2.67. The third-order valence-corrected chi connectivity index (χ3v) is 2.38. The van der Waals surface area contributed by atoms with E-state index in [0.717, 1.165) is 29.9 Å². The van der Waals surface area contributed by atoms with E-state index < -0.39 is 0 Å². The van der Waals surface area contributed by atoms with Gasteiger partial charge in [0, 0.05) is 12.0 Å². The van der Waals surface area contributed by atoms with Crippen LogP contribution in [0.15, 0.2) is 28.6 Å². The SMILES string of the molecule is Cc1occc1C(N)C1=COCC1. The van der Waals surface area contributed by atoms with Gasteiger partial charge in [-0.05, 0) is 18.6 Å². The lowest BCUT2D eigenvalue weighted by Crippen LogP contribution is -2.12. The van der Waals surface area contributed by atoms with E-state index in [9.17, 15) is 0 Å². The van der Waals surface area contributed by atoms with Gasteiger partial charge in [-0.15, -0.1) is 0 Å². The molecule has 1 aliphatic rings. The van der Waals surface area contributed by atoms with Crippen LogP contribution in [0.4, 0.5) is 0 Å². The summed E-state index contributed by atoms with van der Waals surface area (Å²) in [6, 6.07) is 1.85. The van der Waals surface area contributed by atoms with Crippen molar-refractivity contribution in [3.63, 3.8) is 0 Å². The zero-order chi connectivity index (χ0) is 9.26. The van der Waals surface area contributed by atoms with Crippen LogP contribution in [0.5, 0.6) is 0 Å². The van der Waals surface area contributed by atoms with Crippen molar-refractivity contribution in [2.75, 3.05) is 6.61 Å². The van der Waals surface area contributed by atoms with Gasteiger partial charge in [-0.1, -0.05) is 0 Å². The predicted octanol–water partition coefficient (Wildman–Crippen LogP) is 1.89. The van der Waals surface area contributed by atoms with Gasteiger partial charge in [0.15, 0.2) is 0 Å². The van der Waals surface area contributed by atoms with Gasteiger partial charge in [0.1, 0.15) is 5.76 Å². The van der Waals surface area contributed by atoms with Crippen LogP contribution in [0.3, 0.4) is 0 Å². The number of furan rings is 1. The third kappa shape index (κ3) is 1.47. The average molecular weight is 179 g/mol. The van der Waals surface area contributed by atoms with E-state index in [0.29, 0.717) is 0 Å². The molecule has 1 aliphatic heterocycles. The first-order valence-corrected chi connectivity index (χ1v) is 4.39. The van der Waals surface area contributed by atoms with Crippen LogP contribution in [0.1, 0.15) is 23.8 Å². The summed E-state index contributed by atoms with van der Waals surface area (Å²) in [5.41, 5.74) is 8.23. The molecule has 0 aromatic carbocycles. The van der Waals surface area contributed by atoms with Gasteiger partial charge in [-0.2, -0.15) is 0 Å². The Morgan fingerprint density at radius 2 is 2.38 bits per heavy atom. The molecule has 0 saturated carbocycles. The Morgan fingerprint density at radius 1 is 1.54 bits per heavy atom. The molecule has 13 heavy (non-hydrogen) atoms. The van der Waals surface area contributed by atoms with Gasteiger partial charge in [-0.3, -0.25) is 0 Å². The summed E-state index contributed by atoms with van der Waals surface area (Å²) >= 11 is 0. The number of aryl methyl sites for hydroxylation is 1. The quantitative estimate of drug-likeness (QED) is 0.754. The van der Waals surface area contributed by atoms with Crippen molar-refractivity contribution in [1.82, 2.24) is 0 Å². The summed E-state index contributed by atoms with van der Waals surface area (Å²) in [4.78, 5) is 0. The minimum absolute atomic E-state index is 0.0683. The predicted molar refractivity (Wildman–Crippen MR) is 49.0 cm³/mol. The van der Waals surface area contributed by atoms with E-state index in [1.807, 2.05) is 13.0 Å². The van der Waals surface area contributed by atoms with E-state index in [4.69, 9.17) is 14.9 Å². The molecule has 1 atom stereocenters. The zero-order valence-electron chi connectivity index (χ0n) is 7.62. The lowest BCUT2D eigenvalue weighted by Gasteiger charge is -2.09. The second-order valence-corrected chi connectivity index (χ2v) is 3.22. The van der Waals surface area contributed by atoms with Crippen LogP contribution in [0.2, 0.25) is 0 Å². The highest BCUT2D eigenvalue weighted by Crippen LogP contribution is 2.27. The summed E-state index contributed by atoms with van der Waals surface area (Å²) in [5, 5.41) is 0. The highest BCUT2D eigenvalue weighted by molar-refractivity contribution is 5.29. The van der Waals surface area contributed by atoms with Crippen molar-refractivity contribution in [1.29, 1.82) is 0 Å². The third-order valence-electron chi connectivity index (χ3n) is 2.38. The number of hydrogen-bond acceptors (Lipinski definition) is 3. The van der Waals surface area contributed by atoms with Crippen molar-refractivity contribution in [2.45, 2.75) is 19.4 Å². The first-order valence-electron chi connectivity index (χ1n) is 4.39. The van der Waals surface area contributed by atoms with Crippen molar-refractivity contribution in [3.05, 3.63) is 35.5 Å². The van der Waals surface area contributed by atoms with Crippen molar-refractivity contribution < 1.29 is 9.15 Å². The number of nitrogens with two attached hydrogens (primary N) is 1. The van der Waals surface area contributed by atoms with Crippen LogP contribution in [-0.2, 0) is 4.74 Å². The smallest absolute Gasteiger partial charge is 0.105 e. The minimum atomic E-state index is -0.0683. The van der Waals surface area contributed by atoms with Crippen LogP contribution in [-0.4, -0.2) is 6.61 Å². The molecule has 2 heterocycles. The summed E-state index contributed by atoms with van der Waals surface area (Å²) in [6.07, 6.45) is 4.35. The zero-order valence-corrected chi connectivity index (χ0v) is 7.62. The first-order chi connectivity index (χ1) is 6.29. The Kier molecular flexibility index (Phi) is 2.10. The van der Waals surface area contributed by atoms with E-state index in [2.05, 4.69) is 0 Å². The molecule has 1 unspecified atom stereocenters. The average Bonchev–Trinajstić information content (AvgIpc) is 2.72. The topological polar surface area (TPSA) is 48.4 Å². The Bertz CT molecular complexity index is 327. The van der Waals surface area contributed by atoms with Gasteiger partial charge < -0.3 is 14.9 Å². The lowest BCUT2D eigenvalue weighted by molar-refractivity contribution is 0.281. The standard InChI is InChI=1S/C10H13NO2/c1-7-9(3-5-13-7)10(11)8-2-4-12-6-8/h3,5-6,10H,2,4,11H2,1H3. The Labute approximate surface area is 77.2 Å². The van der Waals surface area contributed by atoms with Crippen molar-refractivity contribution in [2.24, 2.45) is 5.73 Å². The summed E-state index contributed by atoms with van der Waals surface area (Å²) in [5.74, 6) is 0.889. The fraction of sp³-hybridized carbons (Fsp3) is 0.400. The van der Waals surface area contributed by atoms with Gasteiger partial charge in [0.05, 0.1) is 25.2 Å². The Balaban J connectivity index is 2.21. The molecule has 1 aromatic heterocycles. The van der Waals surface area contributed by atoms with Gasteiger partial charge in [0.25, 0.3) is 0 Å². The van der Waals surface area contributed by atoms with Crippen molar-refractivity contribution in [3.8, 4) is 0 Å². The summed E-state index contributed by atoms with van der Waals surface area (Å²) < 4.78 is 10.3. The van der Waals surface area contributed by atoms with E-state index in [1.165, 1.54) is 0 Å². The minimum Gasteiger partial charge on any atom is -0.501 e. The molecule has 2 rings (SSSR count). The fourth-order valence-electron chi connectivity index (χ4n) is 1.55. The van der Waals surface area contributed by atoms with Crippen LogP contribution >= 0.6 is 0 Å². The second-order valence-electron chi connectivity index (χ2n) is 3.22. The normalized spacial score (nSPS) is 18.2. The molecule has 0 radical (unpaired) electrons.